The van der Waals surface area contributed by atoms with Crippen LogP contribution in [0.2, 0.25) is 0 Å². The van der Waals surface area contributed by atoms with Gasteiger partial charge in [0.15, 0.2) is 0 Å². The van der Waals surface area contributed by atoms with Gasteiger partial charge in [0.25, 0.3) is 0 Å². The van der Waals surface area contributed by atoms with Gasteiger partial charge in [0.1, 0.15) is 0 Å². The van der Waals surface area contributed by atoms with E-state index in [0.29, 0.717) is 12.6 Å². The van der Waals surface area contributed by atoms with Gasteiger partial charge in [-0.15, -0.1) is 0 Å². The molecule has 0 radical (unpaired) electrons. The summed E-state index contributed by atoms with van der Waals surface area (Å²) in [5.41, 5.74) is 0. The molecule has 0 spiro atoms. The van der Waals surface area contributed by atoms with Gasteiger partial charge in [-0.3, -0.25) is 4.79 Å². The van der Waals surface area contributed by atoms with Crippen molar-refractivity contribution in [2.45, 2.75) is 51.8 Å². The Balaban J connectivity index is 2.01. The Morgan fingerprint density at radius 2 is 2.07 bits per heavy atom. The number of ether oxygens (including phenoxy) is 1. The second kappa shape index (κ2) is 6.08. The van der Waals surface area contributed by atoms with Gasteiger partial charge in [-0.1, -0.05) is 0 Å². The number of hydrogen-bond acceptors (Lipinski definition) is 3. The van der Waals surface area contributed by atoms with Crippen LogP contribution in [-0.4, -0.2) is 37.2 Å². The van der Waals surface area contributed by atoms with Gasteiger partial charge in [-0.25, -0.2) is 0 Å². The summed E-state index contributed by atoms with van der Waals surface area (Å²) in [6.07, 6.45) is 2.52. The number of carbonyl (C=O) groups excluding carboxylic acids is 1. The second-order valence-electron chi connectivity index (χ2n) is 4.38. The molecule has 0 aromatic heterocycles. The average molecular weight is 214 g/mol. The molecule has 1 rings (SSSR count). The summed E-state index contributed by atoms with van der Waals surface area (Å²) in [6, 6.07) is 0.315. The van der Waals surface area contributed by atoms with E-state index in [1.165, 1.54) is 0 Å². The van der Waals surface area contributed by atoms with E-state index >= 15 is 0 Å². The van der Waals surface area contributed by atoms with Crippen LogP contribution in [0.5, 0.6) is 0 Å². The summed E-state index contributed by atoms with van der Waals surface area (Å²) >= 11 is 0. The molecule has 15 heavy (non-hydrogen) atoms. The lowest BCUT2D eigenvalue weighted by Crippen LogP contribution is -2.44. The highest BCUT2D eigenvalue weighted by atomic mass is 16.5. The maximum Gasteiger partial charge on any atom is 0.237 e. The van der Waals surface area contributed by atoms with Crippen LogP contribution in [0.1, 0.15) is 33.6 Å². The first-order valence-corrected chi connectivity index (χ1v) is 5.75. The zero-order valence-corrected chi connectivity index (χ0v) is 9.88. The molecule has 0 aromatic carbocycles. The second-order valence-corrected chi connectivity index (χ2v) is 4.38. The van der Waals surface area contributed by atoms with Gasteiger partial charge >= 0.3 is 0 Å². The number of carbonyl (C=O) groups is 1. The van der Waals surface area contributed by atoms with Crippen LogP contribution < -0.4 is 10.6 Å². The number of amides is 1. The third kappa shape index (κ3) is 5.74. The molecule has 1 fully saturated rings. The topological polar surface area (TPSA) is 50.4 Å². The molecule has 1 saturated carbocycles. The monoisotopic (exact) mass is 214 g/mol. The molecule has 0 saturated heterocycles. The zero-order chi connectivity index (χ0) is 11.3. The number of rotatable bonds is 7. The predicted octanol–water partition coefficient (Wildman–Crippen LogP) is 0.668. The van der Waals surface area contributed by atoms with E-state index in [1.807, 2.05) is 20.8 Å². The molecule has 2 N–H and O–H groups in total. The molecule has 1 aliphatic carbocycles. The molecule has 1 aliphatic rings. The normalized spacial score (nSPS) is 17.9. The van der Waals surface area contributed by atoms with E-state index in [1.54, 1.807) is 0 Å². The molecule has 88 valence electrons. The molecule has 0 aromatic rings. The van der Waals surface area contributed by atoms with Gasteiger partial charge in [0, 0.05) is 12.6 Å². The maximum atomic E-state index is 11.5. The minimum atomic E-state index is -0.124. The van der Waals surface area contributed by atoms with Crippen molar-refractivity contribution in [2.75, 3.05) is 13.2 Å². The van der Waals surface area contributed by atoms with Crippen molar-refractivity contribution in [1.29, 1.82) is 0 Å². The quantitative estimate of drug-likeness (QED) is 0.612. The molecule has 4 heteroatoms. The first-order valence-electron chi connectivity index (χ1n) is 5.75. The van der Waals surface area contributed by atoms with E-state index < -0.39 is 0 Å². The standard InChI is InChI=1S/C11H22N2O2/c1-8(2)15-7-6-12-9(3)11(14)13-10-4-5-10/h8-10,12H,4-7H2,1-3H3,(H,13,14). The largest absolute Gasteiger partial charge is 0.377 e. The Kier molecular flexibility index (Phi) is 5.05. The lowest BCUT2D eigenvalue weighted by Gasteiger charge is -2.14. The van der Waals surface area contributed by atoms with Gasteiger partial charge in [-0.05, 0) is 33.6 Å². The summed E-state index contributed by atoms with van der Waals surface area (Å²) in [7, 11) is 0. The Morgan fingerprint density at radius 3 is 2.60 bits per heavy atom. The minimum Gasteiger partial charge on any atom is -0.377 e. The van der Waals surface area contributed by atoms with Crippen LogP contribution in [0.25, 0.3) is 0 Å². The van der Waals surface area contributed by atoms with Crippen LogP contribution in [-0.2, 0) is 9.53 Å². The summed E-state index contributed by atoms with van der Waals surface area (Å²) in [5.74, 6) is 0.0991. The Morgan fingerprint density at radius 1 is 1.40 bits per heavy atom. The molecular formula is C11H22N2O2. The van der Waals surface area contributed by atoms with E-state index in [-0.39, 0.29) is 18.1 Å². The fraction of sp³-hybridized carbons (Fsp3) is 0.909. The van der Waals surface area contributed by atoms with E-state index in [9.17, 15) is 4.79 Å². The minimum absolute atomic E-state index is 0.0991. The Hall–Kier alpha value is -0.610. The van der Waals surface area contributed by atoms with E-state index in [2.05, 4.69) is 10.6 Å². The molecule has 0 aliphatic heterocycles. The molecule has 4 nitrogen and oxygen atoms in total. The smallest absolute Gasteiger partial charge is 0.237 e. The van der Waals surface area contributed by atoms with Gasteiger partial charge in [0.2, 0.25) is 5.91 Å². The number of hydrogen-bond donors (Lipinski definition) is 2. The Bertz CT molecular complexity index is 203. The highest BCUT2D eigenvalue weighted by Gasteiger charge is 2.25. The van der Waals surface area contributed by atoms with Crippen LogP contribution in [0, 0.1) is 0 Å². The van der Waals surface area contributed by atoms with Crippen molar-refractivity contribution in [2.24, 2.45) is 0 Å². The van der Waals surface area contributed by atoms with Crippen molar-refractivity contribution in [3.8, 4) is 0 Å². The average Bonchev–Trinajstić information content (AvgIpc) is 2.95. The Labute approximate surface area is 91.8 Å². The maximum absolute atomic E-state index is 11.5. The van der Waals surface area contributed by atoms with Crippen LogP contribution >= 0.6 is 0 Å². The van der Waals surface area contributed by atoms with Crippen molar-refractivity contribution in [3.63, 3.8) is 0 Å². The fourth-order valence-corrected chi connectivity index (χ4v) is 1.22. The van der Waals surface area contributed by atoms with Gasteiger partial charge in [-0.2, -0.15) is 0 Å². The van der Waals surface area contributed by atoms with Crippen LogP contribution in [0.4, 0.5) is 0 Å². The fourth-order valence-electron chi connectivity index (χ4n) is 1.22. The SMILES string of the molecule is CC(C)OCCNC(C)C(=O)NC1CC1. The van der Waals surface area contributed by atoms with Gasteiger partial charge in [0.05, 0.1) is 18.8 Å². The van der Waals surface area contributed by atoms with Gasteiger partial charge < -0.3 is 15.4 Å². The molecule has 1 unspecified atom stereocenters. The van der Waals surface area contributed by atoms with Crippen LogP contribution in [0.3, 0.4) is 0 Å². The highest BCUT2D eigenvalue weighted by molar-refractivity contribution is 5.81. The van der Waals surface area contributed by atoms with Crippen molar-refractivity contribution >= 4 is 5.91 Å². The third-order valence-electron chi connectivity index (χ3n) is 2.32. The van der Waals surface area contributed by atoms with Crippen LogP contribution in [0.15, 0.2) is 0 Å². The predicted molar refractivity (Wildman–Crippen MR) is 59.7 cm³/mol. The molecule has 1 atom stereocenters. The lowest BCUT2D eigenvalue weighted by molar-refractivity contribution is -0.122. The summed E-state index contributed by atoms with van der Waals surface area (Å²) in [6.45, 7) is 7.26. The first kappa shape index (κ1) is 12.5. The molecule has 0 heterocycles. The summed E-state index contributed by atoms with van der Waals surface area (Å²) in [4.78, 5) is 11.5. The molecule has 1 amide bonds. The number of nitrogens with one attached hydrogen (secondary N) is 2. The van der Waals surface area contributed by atoms with E-state index in [4.69, 9.17) is 4.74 Å². The summed E-state index contributed by atoms with van der Waals surface area (Å²) in [5, 5.41) is 6.09. The van der Waals surface area contributed by atoms with Crippen molar-refractivity contribution < 1.29 is 9.53 Å². The molecule has 0 bridgehead atoms. The van der Waals surface area contributed by atoms with E-state index in [0.717, 1.165) is 19.4 Å². The lowest BCUT2D eigenvalue weighted by atomic mass is 10.3. The molecular weight excluding hydrogens is 192 g/mol. The van der Waals surface area contributed by atoms with Crippen molar-refractivity contribution in [1.82, 2.24) is 10.6 Å². The third-order valence-corrected chi connectivity index (χ3v) is 2.32. The van der Waals surface area contributed by atoms with Crippen molar-refractivity contribution in [3.05, 3.63) is 0 Å². The first-order chi connectivity index (χ1) is 7.09. The highest BCUT2D eigenvalue weighted by Crippen LogP contribution is 2.18. The zero-order valence-electron chi connectivity index (χ0n) is 9.88. The summed E-state index contributed by atoms with van der Waals surface area (Å²) < 4.78 is 5.37.